The number of nitrogens with zero attached hydrogens (tertiary/aromatic N) is 7. The highest BCUT2D eigenvalue weighted by Gasteiger charge is 2.25. The molecule has 0 bridgehead atoms. The van der Waals surface area contributed by atoms with Crippen LogP contribution in [-0.2, 0) is 0 Å². The van der Waals surface area contributed by atoms with Gasteiger partial charge < -0.3 is 18.0 Å². The highest BCUT2D eigenvalue weighted by atomic mass is 16.3. The third-order valence-electron chi connectivity index (χ3n) is 13.7. The largest absolute Gasteiger partial charge is 0.455 e. The molecule has 14 aromatic rings. The first-order chi connectivity index (χ1) is 34.6. The molecule has 14 rings (SSSR count). The molecule has 5 aromatic heterocycles. The molecule has 0 unspecified atom stereocenters. The minimum Gasteiger partial charge on any atom is -0.455 e. The van der Waals surface area contributed by atoms with Crippen LogP contribution in [0.5, 0.6) is 0 Å². The lowest BCUT2D eigenvalue weighted by atomic mass is 9.97. The normalized spacial score (nSPS) is 11.7. The van der Waals surface area contributed by atoms with E-state index in [0.717, 1.165) is 93.1 Å². The molecular formula is C61H31N7O2. The first-order valence-corrected chi connectivity index (χ1v) is 22.7. The van der Waals surface area contributed by atoms with Crippen LogP contribution in [-0.4, -0.2) is 19.1 Å². The van der Waals surface area contributed by atoms with E-state index in [0.29, 0.717) is 50.8 Å². The summed E-state index contributed by atoms with van der Waals surface area (Å²) in [6, 6.07) is 68.9. The van der Waals surface area contributed by atoms with Crippen molar-refractivity contribution in [2.75, 3.05) is 0 Å². The number of aromatic nitrogens is 4. The molecule has 0 saturated carbocycles. The van der Waals surface area contributed by atoms with Gasteiger partial charge in [0.1, 0.15) is 46.1 Å². The Bertz CT molecular complexity index is 4430. The molecule has 5 heterocycles. The standard InChI is InChI=1S/C61H31N7O2/c62-32-38-30-36(22-26-47(38)67-49-18-8-4-16-44(49)55-51(67)28-24-42-40-14-6-10-20-53(40)69-59(42)55)57-46(34-64)58(66-61(65-57)35-12-2-1-3-13-35)37-23-27-48(39(31-37)33-63)68-50-19-9-5-17-45(50)56-52(68)29-25-43-41-15-7-11-21-54(41)70-60(43)56/h1-31H. The van der Waals surface area contributed by atoms with Crippen LogP contribution in [0.4, 0.5) is 0 Å². The van der Waals surface area contributed by atoms with Crippen LogP contribution in [0.25, 0.3) is 133 Å². The van der Waals surface area contributed by atoms with Gasteiger partial charge >= 0.3 is 0 Å². The average Bonchev–Trinajstić information content (AvgIpc) is 4.18. The summed E-state index contributed by atoms with van der Waals surface area (Å²) in [4.78, 5) is 10.1. The lowest BCUT2D eigenvalue weighted by molar-refractivity contribution is 0.672. The molecule has 9 nitrogen and oxygen atoms in total. The number of nitriles is 3. The highest BCUT2D eigenvalue weighted by molar-refractivity contribution is 6.25. The quantitative estimate of drug-likeness (QED) is 0.168. The average molecular weight is 894 g/mol. The Morgan fingerprint density at radius 3 is 1.29 bits per heavy atom. The van der Waals surface area contributed by atoms with Gasteiger partial charge in [0, 0.05) is 49.0 Å². The van der Waals surface area contributed by atoms with Gasteiger partial charge in [-0.2, -0.15) is 15.8 Å². The molecular weight excluding hydrogens is 863 g/mol. The predicted molar refractivity (Wildman–Crippen MR) is 276 cm³/mol. The van der Waals surface area contributed by atoms with Crippen LogP contribution < -0.4 is 0 Å². The van der Waals surface area contributed by atoms with Crippen molar-refractivity contribution < 1.29 is 8.83 Å². The molecule has 70 heavy (non-hydrogen) atoms. The number of fused-ring (bicyclic) bond motifs is 14. The van der Waals surface area contributed by atoms with Crippen molar-refractivity contribution >= 4 is 87.5 Å². The summed E-state index contributed by atoms with van der Waals surface area (Å²) in [5.74, 6) is 0.393. The van der Waals surface area contributed by atoms with Gasteiger partial charge in [0.25, 0.3) is 0 Å². The first-order valence-electron chi connectivity index (χ1n) is 22.7. The summed E-state index contributed by atoms with van der Waals surface area (Å²) in [7, 11) is 0. The molecule has 0 atom stereocenters. The highest BCUT2D eigenvalue weighted by Crippen LogP contribution is 2.44. The van der Waals surface area contributed by atoms with Gasteiger partial charge in [0.15, 0.2) is 5.82 Å². The Balaban J connectivity index is 0.950. The minimum atomic E-state index is 0.209. The Labute approximate surface area is 397 Å². The van der Waals surface area contributed by atoms with E-state index in [9.17, 15) is 15.8 Å². The van der Waals surface area contributed by atoms with Crippen LogP contribution in [0.15, 0.2) is 197 Å². The van der Waals surface area contributed by atoms with Crippen LogP contribution in [0.2, 0.25) is 0 Å². The van der Waals surface area contributed by atoms with Crippen molar-refractivity contribution in [1.82, 2.24) is 19.1 Å². The number of furan rings is 2. The second kappa shape index (κ2) is 14.9. The molecule has 0 amide bonds. The fourth-order valence-corrected chi connectivity index (χ4v) is 10.6. The molecule has 0 spiro atoms. The third-order valence-corrected chi connectivity index (χ3v) is 13.7. The maximum Gasteiger partial charge on any atom is 0.160 e. The summed E-state index contributed by atoms with van der Waals surface area (Å²) in [5.41, 5.74) is 11.7. The van der Waals surface area contributed by atoms with E-state index in [-0.39, 0.29) is 5.56 Å². The number of hydrogen-bond acceptors (Lipinski definition) is 7. The van der Waals surface area contributed by atoms with Crippen molar-refractivity contribution in [3.63, 3.8) is 0 Å². The molecule has 9 aromatic carbocycles. The van der Waals surface area contributed by atoms with Crippen LogP contribution >= 0.6 is 0 Å². The number of rotatable bonds is 5. The lowest BCUT2D eigenvalue weighted by Crippen LogP contribution is -2.03. The van der Waals surface area contributed by atoms with E-state index >= 15 is 0 Å². The van der Waals surface area contributed by atoms with Gasteiger partial charge in [0.2, 0.25) is 0 Å². The van der Waals surface area contributed by atoms with E-state index in [4.69, 9.17) is 18.8 Å². The summed E-state index contributed by atoms with van der Waals surface area (Å²) in [6.07, 6.45) is 0. The Morgan fingerprint density at radius 2 is 0.814 bits per heavy atom. The van der Waals surface area contributed by atoms with Crippen LogP contribution in [0.3, 0.4) is 0 Å². The number of hydrogen-bond donors (Lipinski definition) is 0. The Hall–Kier alpha value is -10.3. The van der Waals surface area contributed by atoms with Crippen LogP contribution in [0.1, 0.15) is 16.7 Å². The number of para-hydroxylation sites is 4. The van der Waals surface area contributed by atoms with E-state index in [1.54, 1.807) is 12.1 Å². The summed E-state index contributed by atoms with van der Waals surface area (Å²) in [5, 5.41) is 41.1. The maximum atomic E-state index is 11.1. The first kappa shape index (κ1) is 38.9. The monoisotopic (exact) mass is 893 g/mol. The predicted octanol–water partition coefficient (Wildman–Crippen LogP) is 15.1. The van der Waals surface area contributed by atoms with Crippen molar-refractivity contribution in [2.24, 2.45) is 0 Å². The van der Waals surface area contributed by atoms with Gasteiger partial charge in [-0.15, -0.1) is 0 Å². The smallest absolute Gasteiger partial charge is 0.160 e. The van der Waals surface area contributed by atoms with Gasteiger partial charge in [-0.3, -0.25) is 0 Å². The fourth-order valence-electron chi connectivity index (χ4n) is 10.6. The molecule has 0 radical (unpaired) electrons. The van der Waals surface area contributed by atoms with Gasteiger partial charge in [-0.25, -0.2) is 9.97 Å². The van der Waals surface area contributed by atoms with E-state index < -0.39 is 0 Å². The summed E-state index contributed by atoms with van der Waals surface area (Å²) < 4.78 is 17.3. The molecule has 0 fully saturated rings. The molecule has 9 heteroatoms. The fraction of sp³-hybridized carbons (Fsp3) is 0. The van der Waals surface area contributed by atoms with E-state index in [1.807, 2.05) is 115 Å². The topological polar surface area (TPSA) is 133 Å². The van der Waals surface area contributed by atoms with E-state index in [1.165, 1.54) is 0 Å². The molecule has 0 aliphatic heterocycles. The SMILES string of the molecule is N#Cc1cc(-c2nc(-c3ccccc3)nc(-c3ccc(-n4c5ccccc5c5c6oc7ccccc7c6ccc54)c(C#N)c3)c2C#N)ccc1-n1c2ccccc2c2c3oc4ccccc4c3ccc21. The summed E-state index contributed by atoms with van der Waals surface area (Å²) in [6.45, 7) is 0. The van der Waals surface area contributed by atoms with E-state index in [2.05, 4.69) is 88.0 Å². The van der Waals surface area contributed by atoms with Gasteiger partial charge in [-0.1, -0.05) is 115 Å². The molecule has 322 valence electrons. The van der Waals surface area contributed by atoms with Gasteiger partial charge in [0.05, 0.1) is 66.7 Å². The zero-order chi connectivity index (χ0) is 46.6. The van der Waals surface area contributed by atoms with Gasteiger partial charge in [-0.05, 0) is 72.8 Å². The van der Waals surface area contributed by atoms with Crippen LogP contribution in [0, 0.1) is 34.0 Å². The molecule has 0 aliphatic rings. The van der Waals surface area contributed by atoms with Crippen molar-refractivity contribution in [2.45, 2.75) is 0 Å². The zero-order valence-corrected chi connectivity index (χ0v) is 36.8. The Morgan fingerprint density at radius 1 is 0.371 bits per heavy atom. The minimum absolute atomic E-state index is 0.209. The molecule has 0 saturated heterocycles. The number of benzene rings is 9. The van der Waals surface area contributed by atoms with Crippen molar-refractivity contribution in [1.29, 1.82) is 15.8 Å². The van der Waals surface area contributed by atoms with Crippen molar-refractivity contribution in [3.8, 4) is 63.5 Å². The second-order valence-electron chi connectivity index (χ2n) is 17.4. The molecule has 0 aliphatic carbocycles. The Kier molecular flexibility index (Phi) is 8.27. The molecule has 0 N–H and O–H groups in total. The lowest BCUT2D eigenvalue weighted by Gasteiger charge is -2.15. The third kappa shape index (κ3) is 5.50. The summed E-state index contributed by atoms with van der Waals surface area (Å²) >= 11 is 0. The maximum absolute atomic E-state index is 11.1. The zero-order valence-electron chi connectivity index (χ0n) is 36.8. The second-order valence-corrected chi connectivity index (χ2v) is 17.4. The van der Waals surface area contributed by atoms with Crippen molar-refractivity contribution in [3.05, 3.63) is 205 Å².